The van der Waals surface area contributed by atoms with E-state index in [1.807, 2.05) is 0 Å². The molecule has 2 N–H and O–H groups in total. The van der Waals surface area contributed by atoms with E-state index >= 15 is 0 Å². The van der Waals surface area contributed by atoms with Gasteiger partial charge in [-0.15, -0.1) is 0 Å². The Labute approximate surface area is 217 Å². The van der Waals surface area contributed by atoms with Crippen molar-refractivity contribution in [2.24, 2.45) is 0 Å². The van der Waals surface area contributed by atoms with E-state index < -0.39 is 11.6 Å². The van der Waals surface area contributed by atoms with Crippen molar-refractivity contribution in [2.45, 2.75) is 129 Å². The number of unbranched alkanes of at least 4 members (excludes halogenated alkanes) is 15. The van der Waals surface area contributed by atoms with Crippen LogP contribution in [0.1, 0.15) is 124 Å². The first-order chi connectivity index (χ1) is 11.5. The first kappa shape index (κ1) is 28.7. The fourth-order valence-corrected chi connectivity index (χ4v) is 3.12. The van der Waals surface area contributed by atoms with Crippen LogP contribution in [0.5, 0.6) is 0 Å². The molecule has 1 unspecified atom stereocenters. The second-order valence-corrected chi connectivity index (χ2v) is 7.63. The van der Waals surface area contributed by atoms with E-state index in [0.29, 0.717) is 6.42 Å². The second kappa shape index (κ2) is 20.2. The summed E-state index contributed by atoms with van der Waals surface area (Å²) in [5.74, 6) is -1.11. The minimum Gasteiger partial charge on any atom is -1.00 e. The quantitative estimate of drug-likeness (QED) is 0.298. The van der Waals surface area contributed by atoms with E-state index in [1.165, 1.54) is 90.4 Å². The van der Waals surface area contributed by atoms with Crippen LogP contribution in [0.2, 0.25) is 0 Å². The van der Waals surface area contributed by atoms with Crippen LogP contribution >= 0.6 is 0 Å². The van der Waals surface area contributed by atoms with Crippen molar-refractivity contribution in [3.05, 3.63) is 0 Å². The van der Waals surface area contributed by atoms with Crippen LogP contribution in [0.3, 0.4) is 0 Å². The molecule has 0 aromatic carbocycles. The van der Waals surface area contributed by atoms with Crippen molar-refractivity contribution >= 4 is 5.97 Å². The van der Waals surface area contributed by atoms with Crippen molar-refractivity contribution in [3.63, 3.8) is 0 Å². The molecule has 0 rings (SSSR count). The Morgan fingerprint density at radius 2 is 1.00 bits per heavy atom. The fraction of sp³-hybridized carbons (Fsp3) is 0.952. The van der Waals surface area contributed by atoms with Crippen molar-refractivity contribution in [1.82, 2.24) is 0 Å². The van der Waals surface area contributed by atoms with Crippen LogP contribution in [0, 0.1) is 0 Å². The summed E-state index contributed by atoms with van der Waals surface area (Å²) in [4.78, 5) is 10.8. The van der Waals surface area contributed by atoms with Crippen LogP contribution in [0.4, 0.5) is 0 Å². The van der Waals surface area contributed by atoms with Crippen LogP contribution < -0.4 is 68.9 Å². The van der Waals surface area contributed by atoms with Crippen molar-refractivity contribution in [2.75, 3.05) is 0 Å². The first-order valence-corrected chi connectivity index (χ1v) is 10.5. The van der Waals surface area contributed by atoms with Crippen LogP contribution in [0.25, 0.3) is 0 Å². The average Bonchev–Trinajstić information content (AvgIpc) is 2.54. The smallest absolute Gasteiger partial charge is 1.00 e. The van der Waals surface area contributed by atoms with Gasteiger partial charge in [0.05, 0.1) is 0 Å². The molecular formula is C21H43CsO3. The summed E-state index contributed by atoms with van der Waals surface area (Å²) in [6.45, 7) is 3.66. The molecule has 0 radical (unpaired) electrons. The summed E-state index contributed by atoms with van der Waals surface area (Å²) < 4.78 is 0. The predicted molar refractivity (Wildman–Crippen MR) is 104 cm³/mol. The summed E-state index contributed by atoms with van der Waals surface area (Å²) in [5.41, 5.74) is -1.55. The molecular weight excluding hydrogens is 433 g/mol. The number of aliphatic carboxylic acids is 1. The predicted octanol–water partition coefficient (Wildman–Crippen LogP) is 3.59. The Kier molecular flexibility index (Phi) is 23.2. The molecule has 4 heteroatoms. The maximum absolute atomic E-state index is 10.8. The van der Waals surface area contributed by atoms with Gasteiger partial charge in [-0.2, -0.15) is 0 Å². The van der Waals surface area contributed by atoms with E-state index in [-0.39, 0.29) is 70.3 Å². The normalized spacial score (nSPS) is 13.2. The van der Waals surface area contributed by atoms with Crippen molar-refractivity contribution in [3.8, 4) is 0 Å². The van der Waals surface area contributed by atoms with E-state index in [4.69, 9.17) is 5.11 Å². The fourth-order valence-electron chi connectivity index (χ4n) is 3.12. The standard InChI is InChI=1S/C21H42O3.Cs.H/c1-3-4-5-6-7-8-9-10-11-12-13-14-15-16-17-18-19-21(2,24)20(22)23;;/h24H,3-19H2,1-2H3,(H,22,23);;/q;+1;-1. The second-order valence-electron chi connectivity index (χ2n) is 7.63. The summed E-state index contributed by atoms with van der Waals surface area (Å²) >= 11 is 0. The zero-order valence-corrected chi connectivity index (χ0v) is 23.6. The molecule has 0 aliphatic heterocycles. The van der Waals surface area contributed by atoms with E-state index in [9.17, 15) is 9.90 Å². The van der Waals surface area contributed by atoms with E-state index in [2.05, 4.69) is 6.92 Å². The zero-order valence-electron chi connectivity index (χ0n) is 18.3. The van der Waals surface area contributed by atoms with Gasteiger partial charge in [-0.05, 0) is 19.8 Å². The van der Waals surface area contributed by atoms with Gasteiger partial charge in [0.15, 0.2) is 5.60 Å². The maximum Gasteiger partial charge on any atom is 1.00 e. The molecule has 0 saturated heterocycles. The molecule has 0 aliphatic rings. The maximum atomic E-state index is 10.8. The number of carboxylic acid groups (broad SMARTS) is 1. The summed E-state index contributed by atoms with van der Waals surface area (Å²) in [7, 11) is 0. The van der Waals surface area contributed by atoms with Crippen LogP contribution in [0.15, 0.2) is 0 Å². The number of carbonyl (C=O) groups is 1. The minimum atomic E-state index is -1.55. The van der Waals surface area contributed by atoms with Crippen molar-refractivity contribution in [1.29, 1.82) is 0 Å². The van der Waals surface area contributed by atoms with Gasteiger partial charge in [0.2, 0.25) is 0 Å². The zero-order chi connectivity index (χ0) is 18.1. The molecule has 0 aliphatic carbocycles. The first-order valence-electron chi connectivity index (χ1n) is 10.5. The monoisotopic (exact) mass is 476 g/mol. The topological polar surface area (TPSA) is 57.5 Å². The SMILES string of the molecule is CCCCCCCCCCCCCCCCCCC(C)(O)C(=O)O.[Cs+].[H-]. The van der Waals surface area contributed by atoms with Gasteiger partial charge in [0.1, 0.15) is 0 Å². The Morgan fingerprint density at radius 1 is 0.720 bits per heavy atom. The number of rotatable bonds is 18. The van der Waals surface area contributed by atoms with E-state index in [1.54, 1.807) is 0 Å². The molecule has 0 spiro atoms. The third-order valence-electron chi connectivity index (χ3n) is 4.98. The summed E-state index contributed by atoms with van der Waals surface area (Å²) in [6.07, 6.45) is 21.2. The van der Waals surface area contributed by atoms with Crippen molar-refractivity contribution < 1.29 is 85.3 Å². The average molecular weight is 476 g/mol. The van der Waals surface area contributed by atoms with Crippen LogP contribution in [-0.4, -0.2) is 21.8 Å². The summed E-state index contributed by atoms with van der Waals surface area (Å²) in [6, 6.07) is 0. The minimum absolute atomic E-state index is 0. The third kappa shape index (κ3) is 20.0. The van der Waals surface area contributed by atoms with Gasteiger partial charge in [0, 0.05) is 0 Å². The van der Waals surface area contributed by atoms with Crippen LogP contribution in [-0.2, 0) is 4.79 Å². The van der Waals surface area contributed by atoms with Gasteiger partial charge >= 0.3 is 74.9 Å². The van der Waals surface area contributed by atoms with Gasteiger partial charge in [-0.25, -0.2) is 4.79 Å². The number of aliphatic hydroxyl groups is 1. The Hall–Kier alpha value is 1.48. The largest absolute Gasteiger partial charge is 1.00 e. The summed E-state index contributed by atoms with van der Waals surface area (Å²) in [5, 5.41) is 18.4. The molecule has 3 nitrogen and oxygen atoms in total. The molecule has 0 amide bonds. The molecule has 146 valence electrons. The Bertz CT molecular complexity index is 299. The molecule has 0 heterocycles. The molecule has 0 bridgehead atoms. The van der Waals surface area contributed by atoms with Gasteiger partial charge < -0.3 is 11.6 Å². The third-order valence-corrected chi connectivity index (χ3v) is 4.98. The van der Waals surface area contributed by atoms with Gasteiger partial charge in [0.25, 0.3) is 0 Å². The Morgan fingerprint density at radius 3 is 1.28 bits per heavy atom. The number of hydrogen-bond acceptors (Lipinski definition) is 2. The van der Waals surface area contributed by atoms with Gasteiger partial charge in [-0.1, -0.05) is 103 Å². The molecule has 0 saturated carbocycles. The molecule has 0 aromatic heterocycles. The Balaban J connectivity index is -0.00000264. The number of carboxylic acids is 1. The number of hydrogen-bond donors (Lipinski definition) is 2. The molecule has 0 aromatic rings. The van der Waals surface area contributed by atoms with Gasteiger partial charge in [-0.3, -0.25) is 0 Å². The van der Waals surface area contributed by atoms with E-state index in [0.717, 1.165) is 19.3 Å². The molecule has 25 heavy (non-hydrogen) atoms. The molecule has 0 fully saturated rings. The molecule has 1 atom stereocenters.